The van der Waals surface area contributed by atoms with Crippen molar-refractivity contribution in [2.24, 2.45) is 0 Å². The first-order chi connectivity index (χ1) is 21.7. The van der Waals surface area contributed by atoms with Gasteiger partial charge in [-0.15, -0.1) is 0 Å². The van der Waals surface area contributed by atoms with Gasteiger partial charge in [-0.1, -0.05) is 30.3 Å². The average molecular weight is 616 g/mol. The molecule has 45 heavy (non-hydrogen) atoms. The lowest BCUT2D eigenvalue weighted by atomic mass is 9.71. The monoisotopic (exact) mass is 615 g/mol. The highest BCUT2D eigenvalue weighted by atomic mass is 16.5. The molecule has 0 spiro atoms. The van der Waals surface area contributed by atoms with Gasteiger partial charge in [0.05, 0.1) is 59.8 Å². The highest BCUT2D eigenvalue weighted by molar-refractivity contribution is 5.67. The molecule has 1 fully saturated rings. The van der Waals surface area contributed by atoms with Crippen LogP contribution in [0.1, 0.15) is 51.0 Å². The molecule has 0 saturated carbocycles. The Morgan fingerprint density at radius 3 is 1.89 bits per heavy atom. The summed E-state index contributed by atoms with van der Waals surface area (Å²) in [5, 5.41) is 34.4. The SMILES string of the molecule is COc1c(C)c(OC)c2c(c1O)[C@@H]1[C@@H]3Cc4c(OC)c(C)c(OC)c(O)c4[C@H](COCc4ccccc4)N3[C@@H](C#N)[C@H](C2)N1C. The fourth-order valence-corrected chi connectivity index (χ4v) is 8.24. The van der Waals surface area contributed by atoms with Gasteiger partial charge in [0.1, 0.15) is 17.5 Å². The van der Waals surface area contributed by atoms with Crippen molar-refractivity contribution in [3.8, 4) is 40.6 Å². The molecular weight excluding hydrogens is 574 g/mol. The van der Waals surface area contributed by atoms with Gasteiger partial charge >= 0.3 is 0 Å². The summed E-state index contributed by atoms with van der Waals surface area (Å²) in [7, 11) is 8.34. The summed E-state index contributed by atoms with van der Waals surface area (Å²) < 4.78 is 29.7. The van der Waals surface area contributed by atoms with Crippen molar-refractivity contribution in [1.82, 2.24) is 9.80 Å². The van der Waals surface area contributed by atoms with E-state index >= 15 is 0 Å². The summed E-state index contributed by atoms with van der Waals surface area (Å²) in [6, 6.07) is 10.6. The Labute approximate surface area is 264 Å². The number of benzene rings is 3. The van der Waals surface area contributed by atoms with Gasteiger partial charge < -0.3 is 33.9 Å². The van der Waals surface area contributed by atoms with E-state index in [0.717, 1.165) is 27.8 Å². The van der Waals surface area contributed by atoms with E-state index in [2.05, 4.69) is 15.9 Å². The van der Waals surface area contributed by atoms with E-state index in [1.807, 2.05) is 51.2 Å². The van der Waals surface area contributed by atoms with Crippen LogP contribution >= 0.6 is 0 Å². The van der Waals surface area contributed by atoms with Crippen molar-refractivity contribution in [1.29, 1.82) is 5.26 Å². The van der Waals surface area contributed by atoms with Crippen molar-refractivity contribution in [3.05, 3.63) is 69.3 Å². The summed E-state index contributed by atoms with van der Waals surface area (Å²) in [5.74, 6) is 2.13. The van der Waals surface area contributed by atoms with Gasteiger partial charge in [0.25, 0.3) is 0 Å². The molecular formula is C35H41N3O7. The first kappa shape index (κ1) is 30.8. The lowest BCUT2D eigenvalue weighted by molar-refractivity contribution is -0.0910. The van der Waals surface area contributed by atoms with E-state index in [-0.39, 0.29) is 36.2 Å². The van der Waals surface area contributed by atoms with E-state index in [0.29, 0.717) is 53.6 Å². The zero-order valence-electron chi connectivity index (χ0n) is 26.9. The number of ether oxygens (including phenoxy) is 5. The van der Waals surface area contributed by atoms with Gasteiger partial charge in [-0.25, -0.2) is 0 Å². The number of methoxy groups -OCH3 is 4. The molecule has 3 heterocycles. The number of fused-ring (bicyclic) bond motifs is 7. The normalized spacial score (nSPS) is 23.7. The van der Waals surface area contributed by atoms with Crippen LogP contribution in [0.5, 0.6) is 34.5 Å². The Morgan fingerprint density at radius 2 is 1.33 bits per heavy atom. The average Bonchev–Trinajstić information content (AvgIpc) is 3.03. The predicted molar refractivity (Wildman–Crippen MR) is 167 cm³/mol. The number of aromatic hydroxyl groups is 2. The molecule has 0 aromatic heterocycles. The minimum atomic E-state index is -0.560. The molecule has 3 aromatic rings. The Morgan fingerprint density at radius 1 is 0.800 bits per heavy atom. The van der Waals surface area contributed by atoms with Gasteiger partial charge in [0.2, 0.25) is 0 Å². The molecule has 1 saturated heterocycles. The second kappa shape index (κ2) is 12.0. The number of rotatable bonds is 8. The molecule has 10 nitrogen and oxygen atoms in total. The molecule has 0 aliphatic carbocycles. The molecule has 3 aliphatic heterocycles. The van der Waals surface area contributed by atoms with E-state index < -0.39 is 12.1 Å². The smallest absolute Gasteiger partial charge is 0.167 e. The summed E-state index contributed by atoms with van der Waals surface area (Å²) in [5.41, 5.74) is 5.55. The molecule has 2 N–H and O–H groups in total. The summed E-state index contributed by atoms with van der Waals surface area (Å²) in [6.07, 6.45) is 0.936. The van der Waals surface area contributed by atoms with Gasteiger partial charge in [-0.3, -0.25) is 9.80 Å². The van der Waals surface area contributed by atoms with Gasteiger partial charge in [-0.2, -0.15) is 5.26 Å². The number of likely N-dealkylation sites (N-methyl/N-ethyl adjacent to an activating group) is 1. The molecule has 5 atom stereocenters. The fraction of sp³-hybridized carbons (Fsp3) is 0.457. The van der Waals surface area contributed by atoms with Crippen LogP contribution in [0.15, 0.2) is 30.3 Å². The molecule has 0 amide bonds. The number of hydrogen-bond acceptors (Lipinski definition) is 10. The number of piperazine rings is 1. The highest BCUT2D eigenvalue weighted by Crippen LogP contribution is 2.59. The molecule has 3 aromatic carbocycles. The number of phenolic OH excluding ortho intramolecular Hbond substituents is 2. The number of nitriles is 1. The minimum Gasteiger partial charge on any atom is -0.504 e. The maximum absolute atomic E-state index is 11.8. The number of phenols is 2. The standard InChI is InChI=1S/C35H41N3O7/c1-18-32(41-4)21-14-24-29-28-22(33(42-5)19(2)35(44-7)31(28)40)13-23(37(29)3)25(15-36)38(24)26(27(21)30(39)34(18)43-6)17-45-16-20-11-9-8-10-12-20/h8-12,23-26,29,39-40H,13-14,16-17H2,1-7H3/t23-,24-,25-,26-,29-/m0/s1. The topological polar surface area (TPSA) is 117 Å². The summed E-state index contributed by atoms with van der Waals surface area (Å²) in [6.45, 7) is 4.32. The van der Waals surface area contributed by atoms with Crippen molar-refractivity contribution >= 4 is 0 Å². The predicted octanol–water partition coefficient (Wildman–Crippen LogP) is 4.74. The third-order valence-corrected chi connectivity index (χ3v) is 10.0. The molecule has 3 aliphatic rings. The third kappa shape index (κ3) is 4.56. The highest BCUT2D eigenvalue weighted by Gasteiger charge is 2.57. The summed E-state index contributed by atoms with van der Waals surface area (Å²) in [4.78, 5) is 4.40. The molecule has 238 valence electrons. The Bertz CT molecular complexity index is 1650. The fourth-order valence-electron chi connectivity index (χ4n) is 8.24. The maximum atomic E-state index is 11.8. The molecule has 2 bridgehead atoms. The van der Waals surface area contributed by atoms with Crippen molar-refractivity contribution in [3.63, 3.8) is 0 Å². The van der Waals surface area contributed by atoms with Crippen LogP contribution in [0.25, 0.3) is 0 Å². The van der Waals surface area contributed by atoms with Crippen LogP contribution in [-0.4, -0.2) is 80.2 Å². The molecule has 0 unspecified atom stereocenters. The number of hydrogen-bond donors (Lipinski definition) is 2. The van der Waals surface area contributed by atoms with E-state index in [9.17, 15) is 15.5 Å². The number of nitrogens with zero attached hydrogens (tertiary/aromatic N) is 3. The van der Waals surface area contributed by atoms with Crippen LogP contribution in [0.3, 0.4) is 0 Å². The lowest BCUT2D eigenvalue weighted by Crippen LogP contribution is -2.68. The van der Waals surface area contributed by atoms with Gasteiger partial charge in [0.15, 0.2) is 23.0 Å². The molecule has 0 radical (unpaired) electrons. The Balaban J connectivity index is 1.57. The molecule has 6 rings (SSSR count). The zero-order chi connectivity index (χ0) is 32.2. The van der Waals surface area contributed by atoms with Crippen molar-refractivity contribution in [2.75, 3.05) is 42.1 Å². The van der Waals surface area contributed by atoms with Crippen LogP contribution in [0, 0.1) is 25.2 Å². The largest absolute Gasteiger partial charge is 0.504 e. The lowest BCUT2D eigenvalue weighted by Gasteiger charge is -2.60. The van der Waals surface area contributed by atoms with Crippen LogP contribution in [0.2, 0.25) is 0 Å². The maximum Gasteiger partial charge on any atom is 0.167 e. The quantitative estimate of drug-likeness (QED) is 0.368. The van der Waals surface area contributed by atoms with Crippen LogP contribution in [0.4, 0.5) is 0 Å². The Hall–Kier alpha value is -4.17. The molecule has 10 heteroatoms. The van der Waals surface area contributed by atoms with E-state index in [1.54, 1.807) is 21.3 Å². The first-order valence-electron chi connectivity index (χ1n) is 15.2. The van der Waals surface area contributed by atoms with Crippen molar-refractivity contribution in [2.45, 2.75) is 63.5 Å². The van der Waals surface area contributed by atoms with E-state index in [4.69, 9.17) is 23.7 Å². The van der Waals surface area contributed by atoms with Gasteiger partial charge in [0, 0.05) is 45.5 Å². The summed E-state index contributed by atoms with van der Waals surface area (Å²) >= 11 is 0. The van der Waals surface area contributed by atoms with Gasteiger partial charge in [-0.05, 0) is 39.3 Å². The van der Waals surface area contributed by atoms with Crippen LogP contribution < -0.4 is 18.9 Å². The van der Waals surface area contributed by atoms with Crippen LogP contribution in [-0.2, 0) is 24.2 Å². The second-order valence-electron chi connectivity index (χ2n) is 12.1. The minimum absolute atomic E-state index is 0.0283. The Kier molecular flexibility index (Phi) is 8.20. The van der Waals surface area contributed by atoms with Crippen molar-refractivity contribution < 1.29 is 33.9 Å². The second-order valence-corrected chi connectivity index (χ2v) is 12.1. The van der Waals surface area contributed by atoms with E-state index in [1.165, 1.54) is 7.11 Å². The first-order valence-corrected chi connectivity index (χ1v) is 15.2. The third-order valence-electron chi connectivity index (χ3n) is 10.0. The zero-order valence-corrected chi connectivity index (χ0v) is 26.9.